The third-order valence-electron chi connectivity index (χ3n) is 4.38. The lowest BCUT2D eigenvalue weighted by molar-refractivity contribution is -0.139. The van der Waals surface area contributed by atoms with E-state index >= 15 is 0 Å². The van der Waals surface area contributed by atoms with Gasteiger partial charge in [0.15, 0.2) is 11.5 Å². The van der Waals surface area contributed by atoms with Gasteiger partial charge in [-0.15, -0.1) is 0 Å². The van der Waals surface area contributed by atoms with Crippen LogP contribution in [0.15, 0.2) is 18.2 Å². The molecule has 1 aromatic heterocycles. The fourth-order valence-corrected chi connectivity index (χ4v) is 3.24. The van der Waals surface area contributed by atoms with E-state index in [9.17, 15) is 9.90 Å². The summed E-state index contributed by atoms with van der Waals surface area (Å²) < 4.78 is 12.8. The molecule has 0 saturated heterocycles. The van der Waals surface area contributed by atoms with E-state index < -0.39 is 11.9 Å². The third-order valence-corrected chi connectivity index (χ3v) is 4.38. The molecular weight excluding hydrogens is 284 g/mol. The first kappa shape index (κ1) is 13.2. The number of carboxylic acid groups (broad SMARTS) is 1. The molecule has 2 aliphatic heterocycles. The van der Waals surface area contributed by atoms with E-state index in [-0.39, 0.29) is 6.79 Å². The third kappa shape index (κ3) is 1.87. The molecule has 114 valence electrons. The standard InChI is InChI=1S/C16H16N2O4/c1-9-14(10-4-5-12-13(7-10)22-8-21-12)17-15-11(16(19)20)3-2-6-18(9)15/h4-5,7,11H,2-3,6,8H2,1H3,(H,19,20). The van der Waals surface area contributed by atoms with Crippen molar-refractivity contribution in [1.82, 2.24) is 9.55 Å². The van der Waals surface area contributed by atoms with Crippen molar-refractivity contribution in [2.45, 2.75) is 32.2 Å². The van der Waals surface area contributed by atoms with Crippen LogP contribution in [0.25, 0.3) is 11.3 Å². The van der Waals surface area contributed by atoms with Crippen LogP contribution in [0.3, 0.4) is 0 Å². The van der Waals surface area contributed by atoms with Gasteiger partial charge in [0.05, 0.1) is 5.69 Å². The van der Waals surface area contributed by atoms with Gasteiger partial charge in [0.1, 0.15) is 11.7 Å². The summed E-state index contributed by atoms with van der Waals surface area (Å²) in [5.41, 5.74) is 2.74. The van der Waals surface area contributed by atoms with Crippen LogP contribution >= 0.6 is 0 Å². The number of hydrogen-bond acceptors (Lipinski definition) is 4. The van der Waals surface area contributed by atoms with E-state index in [1.807, 2.05) is 29.7 Å². The lowest BCUT2D eigenvalue weighted by Gasteiger charge is -2.20. The monoisotopic (exact) mass is 300 g/mol. The number of aromatic nitrogens is 2. The molecule has 0 amide bonds. The van der Waals surface area contributed by atoms with Crippen LogP contribution in [0.5, 0.6) is 11.5 Å². The normalized spacial score (nSPS) is 19.0. The molecule has 0 aliphatic carbocycles. The molecule has 1 aromatic carbocycles. The zero-order valence-corrected chi connectivity index (χ0v) is 12.2. The van der Waals surface area contributed by atoms with Gasteiger partial charge in [-0.1, -0.05) is 0 Å². The first-order valence-electron chi connectivity index (χ1n) is 7.35. The molecule has 22 heavy (non-hydrogen) atoms. The molecule has 0 spiro atoms. The summed E-state index contributed by atoms with van der Waals surface area (Å²) in [6, 6.07) is 5.70. The Labute approximate surface area is 127 Å². The first-order chi connectivity index (χ1) is 10.6. The highest BCUT2D eigenvalue weighted by atomic mass is 16.7. The summed E-state index contributed by atoms with van der Waals surface area (Å²) in [6.45, 7) is 3.04. The Bertz CT molecular complexity index is 766. The Hall–Kier alpha value is -2.50. The molecule has 1 N–H and O–H groups in total. The fourth-order valence-electron chi connectivity index (χ4n) is 3.24. The Morgan fingerprint density at radius 1 is 1.36 bits per heavy atom. The largest absolute Gasteiger partial charge is 0.481 e. The van der Waals surface area contributed by atoms with Crippen molar-refractivity contribution in [2.75, 3.05) is 6.79 Å². The van der Waals surface area contributed by atoms with Crippen LogP contribution in [0.1, 0.15) is 30.3 Å². The van der Waals surface area contributed by atoms with Gasteiger partial charge in [0.25, 0.3) is 0 Å². The van der Waals surface area contributed by atoms with Crippen molar-refractivity contribution in [2.24, 2.45) is 0 Å². The van der Waals surface area contributed by atoms with Gasteiger partial charge >= 0.3 is 5.97 Å². The minimum atomic E-state index is -0.803. The number of imidazole rings is 1. The number of fused-ring (bicyclic) bond motifs is 2. The summed E-state index contributed by atoms with van der Waals surface area (Å²) in [5.74, 6) is 0.772. The second-order valence-electron chi connectivity index (χ2n) is 5.66. The van der Waals surface area contributed by atoms with E-state index in [1.54, 1.807) is 0 Å². The highest BCUT2D eigenvalue weighted by molar-refractivity contribution is 5.76. The summed E-state index contributed by atoms with van der Waals surface area (Å²) in [4.78, 5) is 16.1. The smallest absolute Gasteiger partial charge is 0.314 e. The highest BCUT2D eigenvalue weighted by Gasteiger charge is 2.31. The topological polar surface area (TPSA) is 73.6 Å². The molecule has 1 atom stereocenters. The molecule has 6 nitrogen and oxygen atoms in total. The molecule has 0 saturated carbocycles. The molecular formula is C16H16N2O4. The van der Waals surface area contributed by atoms with E-state index in [1.165, 1.54) is 0 Å². The molecule has 2 aromatic rings. The number of hydrogen-bond donors (Lipinski definition) is 1. The van der Waals surface area contributed by atoms with Crippen molar-refractivity contribution in [3.05, 3.63) is 29.7 Å². The van der Waals surface area contributed by atoms with Crippen molar-refractivity contribution < 1.29 is 19.4 Å². The number of aliphatic carboxylic acids is 1. The van der Waals surface area contributed by atoms with Crippen molar-refractivity contribution >= 4 is 5.97 Å². The zero-order valence-electron chi connectivity index (χ0n) is 12.2. The Balaban J connectivity index is 1.82. The van der Waals surface area contributed by atoms with Crippen LogP contribution in [0.2, 0.25) is 0 Å². The molecule has 0 radical (unpaired) electrons. The number of ether oxygens (including phenoxy) is 2. The maximum absolute atomic E-state index is 11.4. The summed E-state index contributed by atoms with van der Waals surface area (Å²) in [6.07, 6.45) is 1.51. The van der Waals surface area contributed by atoms with Crippen LogP contribution in [0, 0.1) is 6.92 Å². The average Bonchev–Trinajstić information content (AvgIpc) is 3.11. The van der Waals surface area contributed by atoms with Gasteiger partial charge in [0.2, 0.25) is 6.79 Å². The quantitative estimate of drug-likeness (QED) is 0.922. The minimum absolute atomic E-state index is 0.235. The van der Waals surface area contributed by atoms with E-state index in [0.717, 1.165) is 35.7 Å². The average molecular weight is 300 g/mol. The predicted octanol–water partition coefficient (Wildman–Crippen LogP) is 2.55. The Morgan fingerprint density at radius 2 is 2.18 bits per heavy atom. The second-order valence-corrected chi connectivity index (χ2v) is 5.66. The van der Waals surface area contributed by atoms with Gasteiger partial charge in [-0.05, 0) is 38.0 Å². The van der Waals surface area contributed by atoms with Gasteiger partial charge in [-0.3, -0.25) is 4.79 Å². The lowest BCUT2D eigenvalue weighted by Crippen LogP contribution is -2.22. The Morgan fingerprint density at radius 3 is 3.00 bits per heavy atom. The molecule has 6 heteroatoms. The first-order valence-corrected chi connectivity index (χ1v) is 7.35. The van der Waals surface area contributed by atoms with Crippen LogP contribution in [0.4, 0.5) is 0 Å². The van der Waals surface area contributed by atoms with Crippen LogP contribution in [-0.4, -0.2) is 27.4 Å². The molecule has 3 heterocycles. The second kappa shape index (κ2) is 4.76. The lowest BCUT2D eigenvalue weighted by atomic mass is 9.99. The highest BCUT2D eigenvalue weighted by Crippen LogP contribution is 2.38. The number of rotatable bonds is 2. The minimum Gasteiger partial charge on any atom is -0.481 e. The van der Waals surface area contributed by atoms with Gasteiger partial charge < -0.3 is 19.1 Å². The van der Waals surface area contributed by atoms with Gasteiger partial charge in [-0.2, -0.15) is 0 Å². The summed E-state index contributed by atoms with van der Waals surface area (Å²) in [7, 11) is 0. The SMILES string of the molecule is Cc1c(-c2ccc3c(c2)OCO3)nc2n1CCCC2C(=O)O. The zero-order chi connectivity index (χ0) is 15.3. The van der Waals surface area contributed by atoms with Crippen LogP contribution < -0.4 is 9.47 Å². The number of nitrogens with zero attached hydrogens (tertiary/aromatic N) is 2. The molecule has 2 aliphatic rings. The summed E-state index contributed by atoms with van der Waals surface area (Å²) in [5, 5.41) is 9.39. The number of carboxylic acids is 1. The molecule has 4 rings (SSSR count). The van der Waals surface area contributed by atoms with E-state index in [0.29, 0.717) is 18.0 Å². The van der Waals surface area contributed by atoms with Crippen molar-refractivity contribution in [1.29, 1.82) is 0 Å². The molecule has 0 fully saturated rings. The fraction of sp³-hybridized carbons (Fsp3) is 0.375. The van der Waals surface area contributed by atoms with Crippen LogP contribution in [-0.2, 0) is 11.3 Å². The van der Waals surface area contributed by atoms with Crippen molar-refractivity contribution in [3.63, 3.8) is 0 Å². The number of carbonyl (C=O) groups is 1. The van der Waals surface area contributed by atoms with E-state index in [2.05, 4.69) is 4.98 Å². The summed E-state index contributed by atoms with van der Waals surface area (Å²) >= 11 is 0. The predicted molar refractivity (Wildman–Crippen MR) is 78.1 cm³/mol. The van der Waals surface area contributed by atoms with E-state index in [4.69, 9.17) is 9.47 Å². The molecule has 0 bridgehead atoms. The maximum Gasteiger partial charge on any atom is 0.314 e. The van der Waals surface area contributed by atoms with Gasteiger partial charge in [-0.25, -0.2) is 4.98 Å². The maximum atomic E-state index is 11.4. The van der Waals surface area contributed by atoms with Gasteiger partial charge in [0, 0.05) is 17.8 Å². The number of benzene rings is 1. The Kier molecular flexibility index (Phi) is 2.85. The van der Waals surface area contributed by atoms with Crippen molar-refractivity contribution in [3.8, 4) is 22.8 Å². The molecule has 1 unspecified atom stereocenters.